The average Bonchev–Trinajstić information content (AvgIpc) is 2.97. The summed E-state index contributed by atoms with van der Waals surface area (Å²) in [5.41, 5.74) is 5.85. The Morgan fingerprint density at radius 2 is 1.67 bits per heavy atom. The molecule has 0 fully saturated rings. The van der Waals surface area contributed by atoms with Crippen LogP contribution in [0.15, 0.2) is 77.8 Å². The summed E-state index contributed by atoms with van der Waals surface area (Å²) in [4.78, 5) is 29.5. The minimum Gasteiger partial charge on any atom is -0.507 e. The minimum atomic E-state index is -0.357. The van der Waals surface area contributed by atoms with Gasteiger partial charge in [0.05, 0.1) is 23.3 Å². The number of phenolic OH excluding ortho intramolecular Hbond substituents is 2. The molecule has 1 aromatic heterocycles. The van der Waals surface area contributed by atoms with Crippen LogP contribution in [0.2, 0.25) is 0 Å². The van der Waals surface area contributed by atoms with Crippen LogP contribution in [0, 0.1) is 11.8 Å². The standard InChI is InChI=1S/C21H21NO2S.C14H10O3/c1-4-24-20(23)16-7-9-17(22-14-16)8-5-15-6-10-19-18(13-15)21(2,3)11-12-25-19;15-10-5-1-3-8-7-9-4-2-6-11(16)13(9)14(17)12(8)10/h6-7,9-10,13-14H,4,11-12H2,1-3H3;1-6,15-16H,7H2. The maximum atomic E-state index is 12.2. The first-order valence-electron chi connectivity index (χ1n) is 13.8. The Balaban J connectivity index is 0.000000180. The van der Waals surface area contributed by atoms with Crippen molar-refractivity contribution in [2.45, 2.75) is 43.9 Å². The fourth-order valence-electron chi connectivity index (χ4n) is 5.07. The van der Waals surface area contributed by atoms with E-state index >= 15 is 0 Å². The third-order valence-electron chi connectivity index (χ3n) is 7.40. The van der Waals surface area contributed by atoms with Crippen molar-refractivity contribution < 1.29 is 24.5 Å². The SMILES string of the molecule is CCOC(=O)c1ccc(C#Cc2ccc3c(c2)C(C)(C)CCS3)nc1.O=C1c2c(O)cccc2Cc2cccc(O)c21. The summed E-state index contributed by atoms with van der Waals surface area (Å²) in [6.45, 7) is 6.72. The van der Waals surface area contributed by atoms with Gasteiger partial charge in [0.15, 0.2) is 0 Å². The number of fused-ring (bicyclic) bond motifs is 3. The van der Waals surface area contributed by atoms with E-state index in [2.05, 4.69) is 48.9 Å². The molecule has 0 unspecified atom stereocenters. The van der Waals surface area contributed by atoms with Crippen LogP contribution in [0.25, 0.3) is 0 Å². The van der Waals surface area contributed by atoms with Crippen molar-refractivity contribution in [2.24, 2.45) is 0 Å². The van der Waals surface area contributed by atoms with Crippen LogP contribution < -0.4 is 0 Å². The molecular weight excluding hydrogens is 546 g/mol. The van der Waals surface area contributed by atoms with Crippen molar-refractivity contribution >= 4 is 23.5 Å². The van der Waals surface area contributed by atoms with E-state index in [0.717, 1.165) is 16.7 Å². The van der Waals surface area contributed by atoms with Crippen LogP contribution in [0.1, 0.15) is 81.4 Å². The molecule has 0 saturated heterocycles. The highest BCUT2D eigenvalue weighted by Gasteiger charge is 2.29. The first kappa shape index (κ1) is 29.0. The van der Waals surface area contributed by atoms with Crippen LogP contribution in [0.5, 0.6) is 11.5 Å². The molecule has 0 saturated carbocycles. The van der Waals surface area contributed by atoms with Crippen molar-refractivity contribution in [3.8, 4) is 23.3 Å². The number of rotatable bonds is 2. The van der Waals surface area contributed by atoms with Crippen LogP contribution in [-0.2, 0) is 16.6 Å². The predicted octanol–water partition coefficient (Wildman–Crippen LogP) is 6.66. The summed E-state index contributed by atoms with van der Waals surface area (Å²) >= 11 is 1.92. The van der Waals surface area contributed by atoms with Crippen molar-refractivity contribution in [1.29, 1.82) is 0 Å². The molecule has 6 rings (SSSR count). The molecule has 0 amide bonds. The summed E-state index contributed by atoms with van der Waals surface area (Å²) in [7, 11) is 0. The van der Waals surface area contributed by atoms with Gasteiger partial charge >= 0.3 is 5.97 Å². The zero-order valence-corrected chi connectivity index (χ0v) is 24.5. The number of carbonyl (C=O) groups excluding carboxylic acids is 2. The molecule has 2 N–H and O–H groups in total. The second-order valence-electron chi connectivity index (χ2n) is 10.7. The zero-order valence-electron chi connectivity index (χ0n) is 23.7. The van der Waals surface area contributed by atoms with Gasteiger partial charge in [0, 0.05) is 16.7 Å². The number of benzene rings is 3. The lowest BCUT2D eigenvalue weighted by molar-refractivity contribution is 0.0525. The summed E-state index contributed by atoms with van der Waals surface area (Å²) in [5.74, 6) is 6.71. The molecule has 0 spiro atoms. The third kappa shape index (κ3) is 6.05. The van der Waals surface area contributed by atoms with Crippen molar-refractivity contribution in [2.75, 3.05) is 12.4 Å². The highest BCUT2D eigenvalue weighted by Crippen LogP contribution is 2.41. The molecule has 42 heavy (non-hydrogen) atoms. The van der Waals surface area contributed by atoms with E-state index in [1.807, 2.05) is 23.9 Å². The summed E-state index contributed by atoms with van der Waals surface area (Å²) in [6.07, 6.45) is 3.24. The Morgan fingerprint density at radius 3 is 2.29 bits per heavy atom. The number of aromatic hydroxyl groups is 2. The number of aromatic nitrogens is 1. The number of hydrogen-bond donors (Lipinski definition) is 2. The highest BCUT2D eigenvalue weighted by atomic mass is 32.2. The fourth-order valence-corrected chi connectivity index (χ4v) is 6.56. The van der Waals surface area contributed by atoms with E-state index in [0.29, 0.717) is 35.4 Å². The minimum absolute atomic E-state index is 0.0265. The van der Waals surface area contributed by atoms with Gasteiger partial charge in [-0.3, -0.25) is 4.79 Å². The lowest BCUT2D eigenvalue weighted by Gasteiger charge is -2.32. The Hall–Kier alpha value is -4.54. The van der Waals surface area contributed by atoms with E-state index in [1.54, 1.807) is 31.2 Å². The lowest BCUT2D eigenvalue weighted by atomic mass is 9.81. The van der Waals surface area contributed by atoms with Gasteiger partial charge in [0.25, 0.3) is 0 Å². The molecule has 0 atom stereocenters. The van der Waals surface area contributed by atoms with Crippen molar-refractivity contribution in [3.63, 3.8) is 0 Å². The molecule has 1 aliphatic heterocycles. The molecule has 4 aromatic rings. The van der Waals surface area contributed by atoms with Crippen molar-refractivity contribution in [3.05, 3.63) is 118 Å². The lowest BCUT2D eigenvalue weighted by Crippen LogP contribution is -2.22. The van der Waals surface area contributed by atoms with Gasteiger partial charge < -0.3 is 14.9 Å². The number of phenols is 2. The number of ether oxygens (including phenoxy) is 1. The molecule has 212 valence electrons. The van der Waals surface area contributed by atoms with Gasteiger partial charge in [0.2, 0.25) is 5.78 Å². The second-order valence-corrected chi connectivity index (χ2v) is 11.9. The zero-order chi connectivity index (χ0) is 29.9. The average molecular weight is 578 g/mol. The van der Waals surface area contributed by atoms with Gasteiger partial charge in [-0.2, -0.15) is 0 Å². The predicted molar refractivity (Wildman–Crippen MR) is 163 cm³/mol. The van der Waals surface area contributed by atoms with Crippen LogP contribution in [0.3, 0.4) is 0 Å². The van der Waals surface area contributed by atoms with Crippen LogP contribution in [-0.4, -0.2) is 39.3 Å². The van der Waals surface area contributed by atoms with Gasteiger partial charge in [-0.05, 0) is 96.0 Å². The maximum Gasteiger partial charge on any atom is 0.339 e. The molecule has 2 aliphatic rings. The highest BCUT2D eigenvalue weighted by molar-refractivity contribution is 7.99. The van der Waals surface area contributed by atoms with Gasteiger partial charge in [-0.15, -0.1) is 11.8 Å². The molecule has 6 nitrogen and oxygen atoms in total. The number of thioether (sulfide) groups is 1. The first-order chi connectivity index (χ1) is 20.2. The van der Waals surface area contributed by atoms with E-state index in [1.165, 1.54) is 41.0 Å². The van der Waals surface area contributed by atoms with E-state index < -0.39 is 0 Å². The Kier molecular flexibility index (Phi) is 8.37. The topological polar surface area (TPSA) is 96.7 Å². The van der Waals surface area contributed by atoms with Crippen molar-refractivity contribution in [1.82, 2.24) is 4.98 Å². The third-order valence-corrected chi connectivity index (χ3v) is 8.47. The molecule has 0 bridgehead atoms. The molecule has 2 heterocycles. The molecule has 7 heteroatoms. The monoisotopic (exact) mass is 577 g/mol. The summed E-state index contributed by atoms with van der Waals surface area (Å²) in [5, 5.41) is 19.5. The van der Waals surface area contributed by atoms with Crippen LogP contribution in [0.4, 0.5) is 0 Å². The Labute approximate surface area is 249 Å². The van der Waals surface area contributed by atoms with Gasteiger partial charge in [0.1, 0.15) is 17.2 Å². The quantitative estimate of drug-likeness (QED) is 0.179. The smallest absolute Gasteiger partial charge is 0.339 e. The molecule has 0 radical (unpaired) electrons. The molecular formula is C35H31NO5S. The second kappa shape index (κ2) is 12.1. The van der Waals surface area contributed by atoms with Crippen LogP contribution >= 0.6 is 11.8 Å². The Morgan fingerprint density at radius 1 is 0.976 bits per heavy atom. The van der Waals surface area contributed by atoms with E-state index in [-0.39, 0.29) is 28.7 Å². The number of ketones is 1. The first-order valence-corrected chi connectivity index (χ1v) is 14.8. The van der Waals surface area contributed by atoms with Gasteiger partial charge in [-0.25, -0.2) is 9.78 Å². The molecule has 3 aromatic carbocycles. The normalized spacial score (nSPS) is 14.1. The largest absolute Gasteiger partial charge is 0.507 e. The van der Waals surface area contributed by atoms with Gasteiger partial charge in [-0.1, -0.05) is 44.0 Å². The van der Waals surface area contributed by atoms with E-state index in [4.69, 9.17) is 4.74 Å². The maximum absolute atomic E-state index is 12.2. The Bertz CT molecular complexity index is 1680. The summed E-state index contributed by atoms with van der Waals surface area (Å²) in [6, 6.07) is 19.9. The number of nitrogens with zero attached hydrogens (tertiary/aromatic N) is 1. The molecule has 1 aliphatic carbocycles. The number of hydrogen-bond acceptors (Lipinski definition) is 7. The number of pyridine rings is 1. The van der Waals surface area contributed by atoms with E-state index in [9.17, 15) is 19.8 Å². The number of esters is 1. The number of carbonyl (C=O) groups is 2. The summed E-state index contributed by atoms with van der Waals surface area (Å²) < 4.78 is 4.95. The fraction of sp³-hybridized carbons (Fsp3) is 0.229.